The van der Waals surface area contributed by atoms with Gasteiger partial charge in [-0.2, -0.15) is 5.10 Å². The Morgan fingerprint density at radius 3 is 2.50 bits per heavy atom. The van der Waals surface area contributed by atoms with Crippen molar-refractivity contribution < 1.29 is 9.00 Å². The number of aromatic nitrogens is 2. The number of nitrogens with zero attached hydrogens (tertiary/aromatic N) is 3. The average molecular weight is 270 g/mol. The van der Waals surface area contributed by atoms with Gasteiger partial charge in [0.1, 0.15) is 6.54 Å². The SMILES string of the molecule is Cc1nn(CC(=O)N2CCS(=O)CC2)c(C)c1N. The van der Waals surface area contributed by atoms with E-state index in [9.17, 15) is 9.00 Å². The second-order valence-corrected chi connectivity index (χ2v) is 6.17. The zero-order valence-corrected chi connectivity index (χ0v) is 11.5. The van der Waals surface area contributed by atoms with E-state index in [2.05, 4.69) is 5.10 Å². The van der Waals surface area contributed by atoms with Gasteiger partial charge in [-0.1, -0.05) is 0 Å². The summed E-state index contributed by atoms with van der Waals surface area (Å²) >= 11 is 0. The summed E-state index contributed by atoms with van der Waals surface area (Å²) in [7, 11) is -0.764. The maximum Gasteiger partial charge on any atom is 0.244 e. The molecule has 2 heterocycles. The highest BCUT2D eigenvalue weighted by atomic mass is 32.2. The molecular formula is C11H18N4O2S. The first-order chi connectivity index (χ1) is 8.49. The molecule has 7 heteroatoms. The lowest BCUT2D eigenvalue weighted by atomic mass is 10.3. The summed E-state index contributed by atoms with van der Waals surface area (Å²) in [6.45, 7) is 5.03. The van der Waals surface area contributed by atoms with Crippen molar-refractivity contribution in [1.29, 1.82) is 0 Å². The van der Waals surface area contributed by atoms with Gasteiger partial charge in [0.15, 0.2) is 0 Å². The van der Waals surface area contributed by atoms with Crippen LogP contribution >= 0.6 is 0 Å². The van der Waals surface area contributed by atoms with E-state index in [4.69, 9.17) is 5.73 Å². The van der Waals surface area contributed by atoms with Crippen LogP contribution in [0.1, 0.15) is 11.4 Å². The third kappa shape index (κ3) is 2.55. The minimum absolute atomic E-state index is 0.0114. The number of carbonyl (C=O) groups excluding carboxylic acids is 1. The minimum Gasteiger partial charge on any atom is -0.396 e. The molecule has 0 atom stereocenters. The Morgan fingerprint density at radius 2 is 2.00 bits per heavy atom. The standard InChI is InChI=1S/C11H18N4O2S/c1-8-11(12)9(2)15(13-8)7-10(16)14-3-5-18(17)6-4-14/h3-7,12H2,1-2H3. The van der Waals surface area contributed by atoms with Gasteiger partial charge in [0.25, 0.3) is 0 Å². The van der Waals surface area contributed by atoms with Gasteiger partial charge in [-0.05, 0) is 13.8 Å². The molecule has 0 bridgehead atoms. The van der Waals surface area contributed by atoms with Crippen LogP contribution in [0.5, 0.6) is 0 Å². The number of nitrogens with two attached hydrogens (primary N) is 1. The van der Waals surface area contributed by atoms with Crippen LogP contribution in [0, 0.1) is 13.8 Å². The molecule has 0 radical (unpaired) electrons. The summed E-state index contributed by atoms with van der Waals surface area (Å²) in [5.74, 6) is 1.16. The molecule has 1 aromatic heterocycles. The molecule has 1 saturated heterocycles. The number of anilines is 1. The fraction of sp³-hybridized carbons (Fsp3) is 0.636. The highest BCUT2D eigenvalue weighted by Crippen LogP contribution is 2.15. The number of hydrogen-bond acceptors (Lipinski definition) is 4. The van der Waals surface area contributed by atoms with E-state index in [0.29, 0.717) is 30.3 Å². The largest absolute Gasteiger partial charge is 0.396 e. The van der Waals surface area contributed by atoms with Crippen molar-refractivity contribution >= 4 is 22.4 Å². The smallest absolute Gasteiger partial charge is 0.244 e. The van der Waals surface area contributed by atoms with Crippen LogP contribution < -0.4 is 5.73 Å². The fourth-order valence-electron chi connectivity index (χ4n) is 1.98. The Hall–Kier alpha value is -1.37. The number of aryl methyl sites for hydroxylation is 1. The Balaban J connectivity index is 2.03. The van der Waals surface area contributed by atoms with Crippen LogP contribution in [0.3, 0.4) is 0 Å². The van der Waals surface area contributed by atoms with Crippen molar-refractivity contribution in [3.63, 3.8) is 0 Å². The van der Waals surface area contributed by atoms with Gasteiger partial charge in [0, 0.05) is 35.4 Å². The van der Waals surface area contributed by atoms with Crippen LogP contribution in [-0.4, -0.2) is 49.4 Å². The number of amides is 1. The van der Waals surface area contributed by atoms with Crippen molar-refractivity contribution in [3.05, 3.63) is 11.4 Å². The van der Waals surface area contributed by atoms with E-state index in [1.807, 2.05) is 13.8 Å². The molecule has 0 unspecified atom stereocenters. The lowest BCUT2D eigenvalue weighted by molar-refractivity contribution is -0.131. The highest BCUT2D eigenvalue weighted by molar-refractivity contribution is 7.85. The molecule has 100 valence electrons. The van der Waals surface area contributed by atoms with Crippen LogP contribution in [0.4, 0.5) is 5.69 Å². The molecule has 1 fully saturated rings. The highest BCUT2D eigenvalue weighted by Gasteiger charge is 2.21. The van der Waals surface area contributed by atoms with Gasteiger partial charge in [-0.25, -0.2) is 0 Å². The first kappa shape index (κ1) is 13.1. The maximum absolute atomic E-state index is 12.1. The molecule has 2 rings (SSSR count). The van der Waals surface area contributed by atoms with E-state index in [1.165, 1.54) is 0 Å². The average Bonchev–Trinajstić information content (AvgIpc) is 2.58. The Kier molecular flexibility index (Phi) is 3.70. The van der Waals surface area contributed by atoms with Crippen molar-refractivity contribution in [3.8, 4) is 0 Å². The molecule has 0 aliphatic carbocycles. The summed E-state index contributed by atoms with van der Waals surface area (Å²) in [5, 5.41) is 4.24. The summed E-state index contributed by atoms with van der Waals surface area (Å²) < 4.78 is 12.9. The first-order valence-electron chi connectivity index (χ1n) is 5.91. The number of nitrogen functional groups attached to an aromatic ring is 1. The molecule has 1 amide bonds. The van der Waals surface area contributed by atoms with E-state index < -0.39 is 10.8 Å². The minimum atomic E-state index is -0.764. The van der Waals surface area contributed by atoms with E-state index in [0.717, 1.165) is 11.4 Å². The molecule has 18 heavy (non-hydrogen) atoms. The number of carbonyl (C=O) groups is 1. The summed E-state index contributed by atoms with van der Waals surface area (Å²) in [4.78, 5) is 13.8. The van der Waals surface area contributed by atoms with Gasteiger partial charge in [-0.3, -0.25) is 13.7 Å². The second kappa shape index (κ2) is 5.09. The molecule has 0 aromatic carbocycles. The van der Waals surface area contributed by atoms with Gasteiger partial charge in [0.05, 0.1) is 17.1 Å². The molecule has 0 spiro atoms. The fourth-order valence-corrected chi connectivity index (χ4v) is 3.03. The van der Waals surface area contributed by atoms with Gasteiger partial charge in [0.2, 0.25) is 5.91 Å². The van der Waals surface area contributed by atoms with Crippen LogP contribution in [-0.2, 0) is 22.1 Å². The van der Waals surface area contributed by atoms with Crippen molar-refractivity contribution in [2.24, 2.45) is 0 Å². The lowest BCUT2D eigenvalue weighted by Crippen LogP contribution is -2.43. The number of hydrogen-bond donors (Lipinski definition) is 1. The molecular weight excluding hydrogens is 252 g/mol. The van der Waals surface area contributed by atoms with E-state index in [1.54, 1.807) is 9.58 Å². The van der Waals surface area contributed by atoms with Crippen molar-refractivity contribution in [2.75, 3.05) is 30.3 Å². The molecule has 2 N–H and O–H groups in total. The Bertz CT molecular complexity index is 487. The van der Waals surface area contributed by atoms with Gasteiger partial charge >= 0.3 is 0 Å². The van der Waals surface area contributed by atoms with E-state index in [-0.39, 0.29) is 12.5 Å². The predicted octanol–water partition coefficient (Wildman–Crippen LogP) is -0.327. The third-order valence-corrected chi connectivity index (χ3v) is 4.53. The van der Waals surface area contributed by atoms with E-state index >= 15 is 0 Å². The monoisotopic (exact) mass is 270 g/mol. The Labute approximate surface area is 109 Å². The summed E-state index contributed by atoms with van der Waals surface area (Å²) in [5.41, 5.74) is 8.04. The molecule has 1 aromatic rings. The van der Waals surface area contributed by atoms with Crippen molar-refractivity contribution in [2.45, 2.75) is 20.4 Å². The van der Waals surface area contributed by atoms with Crippen molar-refractivity contribution in [1.82, 2.24) is 14.7 Å². The first-order valence-corrected chi connectivity index (χ1v) is 7.40. The van der Waals surface area contributed by atoms with Gasteiger partial charge < -0.3 is 10.6 Å². The third-order valence-electron chi connectivity index (χ3n) is 3.25. The molecule has 1 aliphatic heterocycles. The molecule has 6 nitrogen and oxygen atoms in total. The molecule has 1 aliphatic rings. The summed E-state index contributed by atoms with van der Waals surface area (Å²) in [6.07, 6.45) is 0. The maximum atomic E-state index is 12.1. The summed E-state index contributed by atoms with van der Waals surface area (Å²) in [6, 6.07) is 0. The quantitative estimate of drug-likeness (QED) is 0.798. The molecule has 0 saturated carbocycles. The Morgan fingerprint density at radius 1 is 1.39 bits per heavy atom. The zero-order valence-electron chi connectivity index (χ0n) is 10.7. The predicted molar refractivity (Wildman–Crippen MR) is 70.6 cm³/mol. The topological polar surface area (TPSA) is 81.2 Å². The number of rotatable bonds is 2. The van der Waals surface area contributed by atoms with Crippen LogP contribution in [0.25, 0.3) is 0 Å². The normalized spacial score (nSPS) is 17.1. The van der Waals surface area contributed by atoms with Crippen LogP contribution in [0.2, 0.25) is 0 Å². The zero-order chi connectivity index (χ0) is 13.3. The lowest BCUT2D eigenvalue weighted by Gasteiger charge is -2.26. The van der Waals surface area contributed by atoms with Crippen LogP contribution in [0.15, 0.2) is 0 Å². The second-order valence-electron chi connectivity index (χ2n) is 4.47. The van der Waals surface area contributed by atoms with Gasteiger partial charge in [-0.15, -0.1) is 0 Å².